The normalized spacial score (nSPS) is 19.5. The number of aryl methyl sites for hydroxylation is 1. The molecule has 8 nitrogen and oxygen atoms in total. The lowest BCUT2D eigenvalue weighted by Crippen LogP contribution is -2.49. The molecule has 3 N–H and O–H groups in total. The lowest BCUT2D eigenvalue weighted by molar-refractivity contribution is -0.197. The topological polar surface area (TPSA) is 109 Å². The van der Waals surface area contributed by atoms with E-state index in [0.29, 0.717) is 33.4 Å². The molecule has 2 fully saturated rings. The highest BCUT2D eigenvalue weighted by Gasteiger charge is 2.50. The number of thiazole rings is 1. The fraction of sp³-hybridized carbons (Fsp3) is 0.433. The second-order valence-corrected chi connectivity index (χ2v) is 11.7. The monoisotopic (exact) mass is 602 g/mol. The van der Waals surface area contributed by atoms with E-state index in [4.69, 9.17) is 10.5 Å². The van der Waals surface area contributed by atoms with Crippen molar-refractivity contribution in [3.8, 4) is 17.0 Å². The quantitative estimate of drug-likeness (QED) is 0.320. The Morgan fingerprint density at radius 1 is 1.12 bits per heavy atom. The molecule has 1 aromatic heterocycles. The van der Waals surface area contributed by atoms with E-state index >= 15 is 0 Å². The number of benzene rings is 2. The maximum atomic E-state index is 13.7. The molecule has 2 unspecified atom stereocenters. The number of aliphatic carboxylic acids is 1. The standard InChI is InChI=1S/C30H33F3N4O4S/c1-18-13-19(27(38)36-10-3-2-4-11-36)5-6-20(18)16-41-26-8-7-21(34)14-23(26)25-17-42-29(35-25)37-12-9-22(28(39)40)24(15-37)30(31,32)33/h5-8,13-14,17,22,24H,2-4,9-12,15-16,34H2,1H3,(H,39,40). The smallest absolute Gasteiger partial charge is 0.394 e. The van der Waals surface area contributed by atoms with E-state index in [1.165, 1.54) is 16.2 Å². The molecule has 2 aromatic carbocycles. The summed E-state index contributed by atoms with van der Waals surface area (Å²) in [5.41, 5.74) is 10.1. The SMILES string of the molecule is Cc1cc(C(=O)N2CCCCC2)ccc1COc1ccc(N)cc1-c1csc(N2CCC(C(=O)O)C(C(F)(F)F)C2)n1. The van der Waals surface area contributed by atoms with Gasteiger partial charge in [0.25, 0.3) is 5.91 Å². The Hall–Kier alpha value is -3.80. The number of piperidine rings is 2. The summed E-state index contributed by atoms with van der Waals surface area (Å²) >= 11 is 1.19. The van der Waals surface area contributed by atoms with Gasteiger partial charge in [0.1, 0.15) is 12.4 Å². The lowest BCUT2D eigenvalue weighted by Gasteiger charge is -2.37. The zero-order valence-corrected chi connectivity index (χ0v) is 24.0. The number of carbonyl (C=O) groups is 2. The van der Waals surface area contributed by atoms with Crippen LogP contribution in [0.3, 0.4) is 0 Å². The van der Waals surface area contributed by atoms with Crippen molar-refractivity contribution in [2.24, 2.45) is 11.8 Å². The maximum Gasteiger partial charge on any atom is 0.394 e. The number of amides is 1. The number of anilines is 2. The van der Waals surface area contributed by atoms with Crippen LogP contribution in [-0.4, -0.2) is 59.2 Å². The highest BCUT2D eigenvalue weighted by Crippen LogP contribution is 2.41. The number of alkyl halides is 3. The van der Waals surface area contributed by atoms with E-state index in [9.17, 15) is 27.9 Å². The maximum absolute atomic E-state index is 13.7. The van der Waals surface area contributed by atoms with Crippen LogP contribution in [0.25, 0.3) is 11.3 Å². The predicted molar refractivity (Wildman–Crippen MR) is 155 cm³/mol. The Balaban J connectivity index is 1.31. The number of nitrogen functional groups attached to an aromatic ring is 1. The number of ether oxygens (including phenoxy) is 1. The van der Waals surface area contributed by atoms with Gasteiger partial charge in [-0.2, -0.15) is 13.2 Å². The minimum Gasteiger partial charge on any atom is -0.488 e. The second-order valence-electron chi connectivity index (χ2n) is 10.9. The van der Waals surface area contributed by atoms with Crippen LogP contribution in [0, 0.1) is 18.8 Å². The van der Waals surface area contributed by atoms with Gasteiger partial charge in [0.15, 0.2) is 5.13 Å². The molecule has 0 bridgehead atoms. The molecular formula is C30H33F3N4O4S. The van der Waals surface area contributed by atoms with Crippen molar-refractivity contribution in [2.45, 2.75) is 45.4 Å². The molecule has 224 valence electrons. The van der Waals surface area contributed by atoms with Crippen molar-refractivity contribution in [3.05, 3.63) is 58.5 Å². The molecular weight excluding hydrogens is 569 g/mol. The van der Waals surface area contributed by atoms with E-state index < -0.39 is 30.5 Å². The number of nitrogens with zero attached hydrogens (tertiary/aromatic N) is 3. The van der Waals surface area contributed by atoms with Gasteiger partial charge in [-0.15, -0.1) is 11.3 Å². The van der Waals surface area contributed by atoms with E-state index in [2.05, 4.69) is 4.98 Å². The van der Waals surface area contributed by atoms with Crippen molar-refractivity contribution >= 4 is 34.0 Å². The van der Waals surface area contributed by atoms with Crippen LogP contribution in [0.4, 0.5) is 24.0 Å². The van der Waals surface area contributed by atoms with Crippen LogP contribution in [0.5, 0.6) is 5.75 Å². The number of nitrogens with two attached hydrogens (primary N) is 1. The highest BCUT2D eigenvalue weighted by molar-refractivity contribution is 7.14. The number of halogens is 3. The zero-order valence-electron chi connectivity index (χ0n) is 23.2. The Morgan fingerprint density at radius 2 is 1.88 bits per heavy atom. The third kappa shape index (κ3) is 6.48. The third-order valence-corrected chi connectivity index (χ3v) is 8.91. The Kier molecular flexibility index (Phi) is 8.63. The van der Waals surface area contributed by atoms with Crippen molar-refractivity contribution in [3.63, 3.8) is 0 Å². The summed E-state index contributed by atoms with van der Waals surface area (Å²) in [5, 5.41) is 11.4. The summed E-state index contributed by atoms with van der Waals surface area (Å²) in [6, 6.07) is 10.7. The van der Waals surface area contributed by atoms with Crippen LogP contribution >= 0.6 is 11.3 Å². The van der Waals surface area contributed by atoms with Gasteiger partial charge in [0, 0.05) is 48.4 Å². The van der Waals surface area contributed by atoms with Gasteiger partial charge in [-0.05, 0) is 74.1 Å². The summed E-state index contributed by atoms with van der Waals surface area (Å²) < 4.78 is 47.1. The fourth-order valence-corrected chi connectivity index (χ4v) is 6.45. The minimum atomic E-state index is -4.63. The first-order chi connectivity index (χ1) is 20.0. The van der Waals surface area contributed by atoms with Crippen LogP contribution in [0.15, 0.2) is 41.8 Å². The van der Waals surface area contributed by atoms with Crippen molar-refractivity contribution < 1.29 is 32.6 Å². The summed E-state index contributed by atoms with van der Waals surface area (Å²) in [5.74, 6) is -4.34. The summed E-state index contributed by atoms with van der Waals surface area (Å²) in [7, 11) is 0. The van der Waals surface area contributed by atoms with Gasteiger partial charge in [0.05, 0.1) is 17.5 Å². The molecule has 2 aliphatic rings. The van der Waals surface area contributed by atoms with Crippen LogP contribution in [0.2, 0.25) is 0 Å². The van der Waals surface area contributed by atoms with Gasteiger partial charge >= 0.3 is 12.1 Å². The molecule has 5 rings (SSSR count). The molecule has 2 aliphatic heterocycles. The number of rotatable bonds is 7. The Bertz CT molecular complexity index is 1450. The number of carboxylic acids is 1. The van der Waals surface area contributed by atoms with E-state index in [-0.39, 0.29) is 25.5 Å². The van der Waals surface area contributed by atoms with Crippen molar-refractivity contribution in [1.29, 1.82) is 0 Å². The second kappa shape index (κ2) is 12.2. The first-order valence-corrected chi connectivity index (χ1v) is 14.8. The van der Waals surface area contributed by atoms with Gasteiger partial charge in [-0.1, -0.05) is 6.07 Å². The number of hydrogen-bond acceptors (Lipinski definition) is 7. The van der Waals surface area contributed by atoms with Crippen molar-refractivity contribution in [2.75, 3.05) is 36.8 Å². The van der Waals surface area contributed by atoms with E-state index in [1.807, 2.05) is 30.0 Å². The van der Waals surface area contributed by atoms with Gasteiger partial charge in [-0.3, -0.25) is 9.59 Å². The predicted octanol–water partition coefficient (Wildman–Crippen LogP) is 6.00. The van der Waals surface area contributed by atoms with Gasteiger partial charge < -0.3 is 25.4 Å². The lowest BCUT2D eigenvalue weighted by atomic mass is 9.85. The molecule has 0 aliphatic carbocycles. The molecule has 2 saturated heterocycles. The third-order valence-electron chi connectivity index (χ3n) is 8.01. The molecule has 0 spiro atoms. The molecule has 12 heteroatoms. The molecule has 2 atom stereocenters. The molecule has 3 heterocycles. The molecule has 0 saturated carbocycles. The highest BCUT2D eigenvalue weighted by atomic mass is 32.1. The van der Waals surface area contributed by atoms with Crippen LogP contribution in [-0.2, 0) is 11.4 Å². The van der Waals surface area contributed by atoms with Crippen LogP contribution in [0.1, 0.15) is 47.2 Å². The minimum absolute atomic E-state index is 0.0409. The average molecular weight is 603 g/mol. The number of hydrogen-bond donors (Lipinski definition) is 2. The molecule has 1 amide bonds. The van der Waals surface area contributed by atoms with Gasteiger partial charge in [-0.25, -0.2) is 4.98 Å². The fourth-order valence-electron chi connectivity index (χ4n) is 5.59. The van der Waals surface area contributed by atoms with E-state index in [1.54, 1.807) is 23.6 Å². The Morgan fingerprint density at radius 3 is 2.57 bits per heavy atom. The number of aromatic nitrogens is 1. The zero-order chi connectivity index (χ0) is 30.0. The number of likely N-dealkylation sites (tertiary alicyclic amines) is 1. The molecule has 3 aromatic rings. The first kappa shape index (κ1) is 29.7. The van der Waals surface area contributed by atoms with E-state index in [0.717, 1.165) is 43.5 Å². The summed E-state index contributed by atoms with van der Waals surface area (Å²) in [6.07, 6.45) is -1.55. The number of carboxylic acid groups (broad SMARTS) is 1. The molecule has 0 radical (unpaired) electrons. The van der Waals surface area contributed by atoms with Crippen molar-refractivity contribution in [1.82, 2.24) is 9.88 Å². The Labute approximate surface area is 245 Å². The summed E-state index contributed by atoms with van der Waals surface area (Å²) in [6.45, 7) is 3.42. The van der Waals surface area contributed by atoms with Gasteiger partial charge in [0.2, 0.25) is 0 Å². The summed E-state index contributed by atoms with van der Waals surface area (Å²) in [4.78, 5) is 32.3. The number of carbonyl (C=O) groups excluding carboxylic acids is 1. The molecule has 42 heavy (non-hydrogen) atoms. The average Bonchev–Trinajstić information content (AvgIpc) is 3.46. The largest absolute Gasteiger partial charge is 0.488 e. The van der Waals surface area contributed by atoms with Crippen LogP contribution < -0.4 is 15.4 Å². The first-order valence-electron chi connectivity index (χ1n) is 13.9.